The third-order valence-corrected chi connectivity index (χ3v) is 4.84. The Kier molecular flexibility index (Phi) is 4.32. The van der Waals surface area contributed by atoms with Gasteiger partial charge in [-0.25, -0.2) is 4.98 Å². The number of nitriles is 1. The van der Waals surface area contributed by atoms with Crippen molar-refractivity contribution in [3.63, 3.8) is 0 Å². The normalized spacial score (nSPS) is 15.5. The highest BCUT2D eigenvalue weighted by molar-refractivity contribution is 6.34. The van der Waals surface area contributed by atoms with E-state index < -0.39 is 5.92 Å². The van der Waals surface area contributed by atoms with Gasteiger partial charge in [-0.2, -0.15) is 5.26 Å². The maximum absolute atomic E-state index is 9.81. The average Bonchev–Trinajstić information content (AvgIpc) is 2.71. The van der Waals surface area contributed by atoms with Crippen LogP contribution in [0.3, 0.4) is 0 Å². The molecule has 0 fully saturated rings. The number of ether oxygens (including phenoxy) is 3. The van der Waals surface area contributed by atoms with E-state index in [0.29, 0.717) is 22.8 Å². The summed E-state index contributed by atoms with van der Waals surface area (Å²) in [6.07, 6.45) is 1.72. The van der Waals surface area contributed by atoms with Crippen LogP contribution in [0.5, 0.6) is 17.4 Å². The van der Waals surface area contributed by atoms with Crippen LogP contribution in [0.15, 0.2) is 54.1 Å². The topological polar surface area (TPSA) is 90.4 Å². The molecule has 3 aromatic rings. The van der Waals surface area contributed by atoms with Gasteiger partial charge < -0.3 is 19.9 Å². The average molecular weight is 369 g/mol. The lowest BCUT2D eigenvalue weighted by atomic mass is 9.80. The molecule has 0 bridgehead atoms. The van der Waals surface area contributed by atoms with Crippen LogP contribution in [-0.2, 0) is 0 Å². The maximum atomic E-state index is 9.81. The van der Waals surface area contributed by atoms with E-state index in [1.165, 1.54) is 14.2 Å². The maximum Gasteiger partial charge on any atom is 0.226 e. The summed E-state index contributed by atoms with van der Waals surface area (Å²) in [5.41, 5.74) is 8.23. The first-order valence-corrected chi connectivity index (χ1v) is 8.55. The Bertz CT molecular complexity index is 1170. The van der Waals surface area contributed by atoms with Crippen LogP contribution in [0.1, 0.15) is 17.0 Å². The highest BCUT2D eigenvalue weighted by atomic mass is 16.5. The molecule has 0 amide bonds. The summed E-state index contributed by atoms with van der Waals surface area (Å²) in [5.74, 6) is 0.791. The molecule has 1 aliphatic rings. The molecule has 28 heavy (non-hydrogen) atoms. The largest absolute Gasteiger partial charge is 0.493 e. The van der Waals surface area contributed by atoms with E-state index in [2.05, 4.69) is 11.1 Å². The summed E-state index contributed by atoms with van der Waals surface area (Å²) in [7, 11) is 9.24. The summed E-state index contributed by atoms with van der Waals surface area (Å²) in [6, 6.07) is 13.5. The molecular weight excluding hydrogens is 353 g/mol. The second-order valence-electron chi connectivity index (χ2n) is 6.33. The third kappa shape index (κ3) is 2.62. The van der Waals surface area contributed by atoms with Crippen molar-refractivity contribution in [3.8, 4) is 23.4 Å². The molecule has 136 valence electrons. The zero-order valence-electron chi connectivity index (χ0n) is 15.4. The van der Waals surface area contributed by atoms with Crippen LogP contribution in [-0.4, -0.2) is 27.0 Å². The Morgan fingerprint density at radius 2 is 2.00 bits per heavy atom. The lowest BCUT2D eigenvalue weighted by molar-refractivity contribution is 0.356. The van der Waals surface area contributed by atoms with Gasteiger partial charge in [0, 0.05) is 17.1 Å². The van der Waals surface area contributed by atoms with Gasteiger partial charge in [0.2, 0.25) is 11.8 Å². The molecular formula is C21H16BN3O3. The van der Waals surface area contributed by atoms with E-state index in [9.17, 15) is 5.26 Å². The van der Waals surface area contributed by atoms with E-state index in [-0.39, 0.29) is 11.5 Å². The molecule has 0 saturated heterocycles. The first-order chi connectivity index (χ1) is 13.6. The third-order valence-electron chi connectivity index (χ3n) is 4.84. The quantitative estimate of drug-likeness (QED) is 0.713. The lowest BCUT2D eigenvalue weighted by Crippen LogP contribution is -2.23. The number of hydrogen-bond acceptors (Lipinski definition) is 6. The summed E-state index contributed by atoms with van der Waals surface area (Å²) in [4.78, 5) is 4.41. The fourth-order valence-electron chi connectivity index (χ4n) is 3.61. The molecule has 1 aliphatic heterocycles. The van der Waals surface area contributed by atoms with Crippen LogP contribution in [0.2, 0.25) is 0 Å². The van der Waals surface area contributed by atoms with Gasteiger partial charge >= 0.3 is 0 Å². The second-order valence-corrected chi connectivity index (χ2v) is 6.33. The number of hydrogen-bond donors (Lipinski definition) is 1. The summed E-state index contributed by atoms with van der Waals surface area (Å²) >= 11 is 0. The van der Waals surface area contributed by atoms with Gasteiger partial charge in [0.25, 0.3) is 0 Å². The fraction of sp³-hybridized carbons (Fsp3) is 0.143. The predicted octanol–water partition coefficient (Wildman–Crippen LogP) is 2.26. The summed E-state index contributed by atoms with van der Waals surface area (Å²) < 4.78 is 16.4. The van der Waals surface area contributed by atoms with Gasteiger partial charge in [0.1, 0.15) is 19.5 Å². The van der Waals surface area contributed by atoms with Crippen LogP contribution in [0, 0.1) is 11.3 Å². The number of methoxy groups -OCH3 is 2. The Labute approximate surface area is 163 Å². The van der Waals surface area contributed by atoms with Gasteiger partial charge in [0.15, 0.2) is 11.5 Å². The molecule has 2 heterocycles. The van der Waals surface area contributed by atoms with Gasteiger partial charge in [-0.1, -0.05) is 35.8 Å². The van der Waals surface area contributed by atoms with Crippen molar-refractivity contribution in [1.82, 2.24) is 4.98 Å². The molecule has 0 spiro atoms. The molecule has 4 rings (SSSR count). The number of nitrogens with two attached hydrogens (primary N) is 1. The van der Waals surface area contributed by atoms with Crippen molar-refractivity contribution in [3.05, 3.63) is 65.2 Å². The van der Waals surface area contributed by atoms with Crippen LogP contribution < -0.4 is 25.4 Å². The Morgan fingerprint density at radius 3 is 2.71 bits per heavy atom. The standard InChI is InChI=1S/C21H16BN3O3/c1-26-16-8-12(7-15(22)19(16)27-2)17-14(9-23)20(24)28-21-18(17)13-6-4-3-5-11(13)10-25-21/h3-8,10,17H,24H2,1-2H3. The van der Waals surface area contributed by atoms with E-state index in [1.54, 1.807) is 18.3 Å². The Balaban J connectivity index is 2.05. The number of nitrogens with zero attached hydrogens (tertiary/aromatic N) is 2. The van der Waals surface area contributed by atoms with Crippen LogP contribution in [0.25, 0.3) is 10.8 Å². The molecule has 0 saturated carbocycles. The number of rotatable bonds is 3. The second kappa shape index (κ2) is 6.82. The number of pyridine rings is 1. The number of benzene rings is 2. The van der Waals surface area contributed by atoms with Crippen molar-refractivity contribution in [2.45, 2.75) is 5.92 Å². The molecule has 1 unspecified atom stereocenters. The smallest absolute Gasteiger partial charge is 0.226 e. The first kappa shape index (κ1) is 17.7. The molecule has 2 radical (unpaired) electrons. The highest BCUT2D eigenvalue weighted by Crippen LogP contribution is 2.45. The van der Waals surface area contributed by atoms with Gasteiger partial charge in [-0.3, -0.25) is 0 Å². The van der Waals surface area contributed by atoms with Crippen molar-refractivity contribution >= 4 is 24.1 Å². The van der Waals surface area contributed by atoms with Gasteiger partial charge in [0.05, 0.1) is 20.1 Å². The predicted molar refractivity (Wildman–Crippen MR) is 106 cm³/mol. The minimum absolute atomic E-state index is 0.0242. The Hall–Kier alpha value is -3.66. The van der Waals surface area contributed by atoms with E-state index >= 15 is 0 Å². The number of fused-ring (bicyclic) bond motifs is 3. The summed E-state index contributed by atoms with van der Waals surface area (Å²) in [5, 5.41) is 11.7. The van der Waals surface area contributed by atoms with E-state index in [1.807, 2.05) is 24.3 Å². The van der Waals surface area contributed by atoms with Gasteiger partial charge in [-0.15, -0.1) is 0 Å². The molecule has 6 nitrogen and oxygen atoms in total. The van der Waals surface area contributed by atoms with Gasteiger partial charge in [-0.05, 0) is 17.0 Å². The zero-order chi connectivity index (χ0) is 19.8. The van der Waals surface area contributed by atoms with Crippen LogP contribution in [0.4, 0.5) is 0 Å². The Morgan fingerprint density at radius 1 is 1.21 bits per heavy atom. The molecule has 1 aromatic heterocycles. The van der Waals surface area contributed by atoms with Crippen LogP contribution >= 0.6 is 0 Å². The monoisotopic (exact) mass is 369 g/mol. The van der Waals surface area contributed by atoms with E-state index in [4.69, 9.17) is 27.8 Å². The molecule has 1 atom stereocenters. The zero-order valence-corrected chi connectivity index (χ0v) is 15.4. The van der Waals surface area contributed by atoms with Crippen molar-refractivity contribution < 1.29 is 14.2 Å². The van der Waals surface area contributed by atoms with Crippen molar-refractivity contribution in [1.29, 1.82) is 5.26 Å². The minimum atomic E-state index is -0.505. The fourth-order valence-corrected chi connectivity index (χ4v) is 3.61. The SMILES string of the molecule is [B]c1cc(C2C(C#N)=C(N)Oc3ncc4ccccc4c32)cc(OC)c1OC. The molecule has 0 aliphatic carbocycles. The minimum Gasteiger partial charge on any atom is -0.493 e. The highest BCUT2D eigenvalue weighted by Gasteiger charge is 2.34. The van der Waals surface area contributed by atoms with Crippen molar-refractivity contribution in [2.75, 3.05) is 14.2 Å². The van der Waals surface area contributed by atoms with E-state index in [0.717, 1.165) is 21.9 Å². The lowest BCUT2D eigenvalue weighted by Gasteiger charge is -2.27. The molecule has 2 N–H and O–H groups in total. The summed E-state index contributed by atoms with van der Waals surface area (Å²) in [6.45, 7) is 0. The molecule has 7 heteroatoms. The van der Waals surface area contributed by atoms with Crippen molar-refractivity contribution in [2.24, 2.45) is 5.73 Å². The number of allylic oxidation sites excluding steroid dienone is 1. The number of aromatic nitrogens is 1. The molecule has 2 aromatic carbocycles. The first-order valence-electron chi connectivity index (χ1n) is 8.55.